The lowest BCUT2D eigenvalue weighted by Crippen LogP contribution is -2.13. The number of halogens is 2. The Morgan fingerprint density at radius 3 is 2.43 bits per heavy atom. The molecular formula is C16H17BrFNO2. The summed E-state index contributed by atoms with van der Waals surface area (Å²) in [4.78, 5) is 0. The van der Waals surface area contributed by atoms with Crippen molar-refractivity contribution in [3.63, 3.8) is 0 Å². The van der Waals surface area contributed by atoms with Gasteiger partial charge in [0.1, 0.15) is 5.82 Å². The van der Waals surface area contributed by atoms with Crippen LogP contribution in [0.15, 0.2) is 40.9 Å². The van der Waals surface area contributed by atoms with Gasteiger partial charge in [-0.2, -0.15) is 0 Å². The van der Waals surface area contributed by atoms with Gasteiger partial charge in [0.15, 0.2) is 11.5 Å². The van der Waals surface area contributed by atoms with E-state index in [4.69, 9.17) is 9.47 Å². The van der Waals surface area contributed by atoms with Crippen molar-refractivity contribution in [3.8, 4) is 11.5 Å². The number of methoxy groups -OCH3 is 2. The number of nitrogens with one attached hydrogen (secondary N) is 1. The van der Waals surface area contributed by atoms with E-state index in [9.17, 15) is 4.39 Å². The van der Waals surface area contributed by atoms with Crippen LogP contribution in [0.1, 0.15) is 11.1 Å². The summed E-state index contributed by atoms with van der Waals surface area (Å²) in [7, 11) is 3.21. The predicted molar refractivity (Wildman–Crippen MR) is 84.2 cm³/mol. The predicted octanol–water partition coefficient (Wildman–Crippen LogP) is 3.90. The Bertz CT molecular complexity index is 619. The fourth-order valence-electron chi connectivity index (χ4n) is 2.00. The zero-order chi connectivity index (χ0) is 15.2. The van der Waals surface area contributed by atoms with Gasteiger partial charge in [0.05, 0.1) is 14.2 Å². The summed E-state index contributed by atoms with van der Waals surface area (Å²) in [6, 6.07) is 10.8. The number of hydrogen-bond acceptors (Lipinski definition) is 3. The van der Waals surface area contributed by atoms with Crippen molar-refractivity contribution in [1.82, 2.24) is 5.32 Å². The molecule has 5 heteroatoms. The van der Waals surface area contributed by atoms with E-state index >= 15 is 0 Å². The van der Waals surface area contributed by atoms with Gasteiger partial charge in [-0.25, -0.2) is 4.39 Å². The van der Waals surface area contributed by atoms with Gasteiger partial charge < -0.3 is 14.8 Å². The second-order valence-corrected chi connectivity index (χ2v) is 5.44. The van der Waals surface area contributed by atoms with Gasteiger partial charge in [-0.15, -0.1) is 0 Å². The van der Waals surface area contributed by atoms with Gasteiger partial charge in [-0.3, -0.25) is 0 Å². The van der Waals surface area contributed by atoms with E-state index in [1.54, 1.807) is 20.3 Å². The molecule has 3 nitrogen and oxygen atoms in total. The van der Waals surface area contributed by atoms with Crippen molar-refractivity contribution in [3.05, 3.63) is 57.8 Å². The molecule has 0 atom stereocenters. The Kier molecular flexibility index (Phi) is 5.59. The van der Waals surface area contributed by atoms with Crippen molar-refractivity contribution in [2.75, 3.05) is 14.2 Å². The second-order valence-electron chi connectivity index (χ2n) is 4.53. The van der Waals surface area contributed by atoms with E-state index in [-0.39, 0.29) is 5.82 Å². The van der Waals surface area contributed by atoms with Crippen molar-refractivity contribution in [2.45, 2.75) is 13.1 Å². The van der Waals surface area contributed by atoms with Crippen LogP contribution in [0, 0.1) is 5.82 Å². The van der Waals surface area contributed by atoms with Gasteiger partial charge in [-0.1, -0.05) is 28.1 Å². The van der Waals surface area contributed by atoms with E-state index in [1.165, 1.54) is 6.07 Å². The van der Waals surface area contributed by atoms with Crippen LogP contribution in [-0.4, -0.2) is 14.2 Å². The van der Waals surface area contributed by atoms with Crippen LogP contribution in [0.25, 0.3) is 0 Å². The highest BCUT2D eigenvalue weighted by atomic mass is 79.9. The second kappa shape index (κ2) is 7.43. The van der Waals surface area contributed by atoms with E-state index in [0.717, 1.165) is 10.0 Å². The zero-order valence-electron chi connectivity index (χ0n) is 12.0. The summed E-state index contributed by atoms with van der Waals surface area (Å²) < 4.78 is 24.9. The van der Waals surface area contributed by atoms with Gasteiger partial charge in [0.2, 0.25) is 0 Å². The molecule has 0 unspecified atom stereocenters. The molecule has 0 heterocycles. The molecule has 21 heavy (non-hydrogen) atoms. The van der Waals surface area contributed by atoms with Crippen molar-refractivity contribution in [2.24, 2.45) is 0 Å². The zero-order valence-corrected chi connectivity index (χ0v) is 13.5. The first kappa shape index (κ1) is 15.8. The first-order chi connectivity index (χ1) is 10.1. The number of ether oxygens (including phenoxy) is 2. The monoisotopic (exact) mass is 353 g/mol. The SMILES string of the molecule is COc1ccc(CNCc2ccc(Br)cc2F)cc1OC. The van der Waals surface area contributed by atoms with E-state index in [0.29, 0.717) is 30.2 Å². The minimum absolute atomic E-state index is 0.218. The van der Waals surface area contributed by atoms with Crippen molar-refractivity contribution in [1.29, 1.82) is 0 Å². The molecule has 112 valence electrons. The summed E-state index contributed by atoms with van der Waals surface area (Å²) in [6.45, 7) is 1.09. The average molecular weight is 354 g/mol. The third-order valence-electron chi connectivity index (χ3n) is 3.11. The summed E-state index contributed by atoms with van der Waals surface area (Å²) in [6.07, 6.45) is 0. The molecule has 0 saturated heterocycles. The topological polar surface area (TPSA) is 30.5 Å². The minimum atomic E-state index is -0.218. The molecule has 2 aromatic carbocycles. The molecule has 0 aliphatic carbocycles. The normalized spacial score (nSPS) is 10.5. The molecular weight excluding hydrogens is 337 g/mol. The third-order valence-corrected chi connectivity index (χ3v) is 3.60. The molecule has 0 spiro atoms. The summed E-state index contributed by atoms with van der Waals surface area (Å²) in [5.41, 5.74) is 1.68. The molecule has 0 saturated carbocycles. The van der Waals surface area contributed by atoms with E-state index in [1.807, 2.05) is 24.3 Å². The quantitative estimate of drug-likeness (QED) is 0.854. The molecule has 0 aromatic heterocycles. The fourth-order valence-corrected chi connectivity index (χ4v) is 2.33. The maximum Gasteiger partial charge on any atom is 0.161 e. The maximum absolute atomic E-state index is 13.7. The van der Waals surface area contributed by atoms with Crippen LogP contribution in [0.4, 0.5) is 4.39 Å². The van der Waals surface area contributed by atoms with Crippen LogP contribution in [0.5, 0.6) is 11.5 Å². The summed E-state index contributed by atoms with van der Waals surface area (Å²) >= 11 is 3.24. The lowest BCUT2D eigenvalue weighted by molar-refractivity contribution is 0.354. The lowest BCUT2D eigenvalue weighted by Gasteiger charge is -2.10. The number of benzene rings is 2. The van der Waals surface area contributed by atoms with Crippen molar-refractivity contribution < 1.29 is 13.9 Å². The van der Waals surface area contributed by atoms with E-state index < -0.39 is 0 Å². The smallest absolute Gasteiger partial charge is 0.161 e. The fraction of sp³-hybridized carbons (Fsp3) is 0.250. The molecule has 0 aliphatic heterocycles. The van der Waals surface area contributed by atoms with Crippen LogP contribution >= 0.6 is 15.9 Å². The third kappa shape index (κ3) is 4.19. The molecule has 2 aromatic rings. The van der Waals surface area contributed by atoms with Crippen LogP contribution in [0.3, 0.4) is 0 Å². The molecule has 0 amide bonds. The standard InChI is InChI=1S/C16H17BrFNO2/c1-20-15-6-3-11(7-16(15)21-2)9-19-10-12-4-5-13(17)8-14(12)18/h3-8,19H,9-10H2,1-2H3. The van der Waals surface area contributed by atoms with Gasteiger partial charge in [-0.05, 0) is 29.8 Å². The Morgan fingerprint density at radius 2 is 1.76 bits per heavy atom. The molecule has 0 bridgehead atoms. The summed E-state index contributed by atoms with van der Waals surface area (Å²) in [5.74, 6) is 1.16. The minimum Gasteiger partial charge on any atom is -0.493 e. The molecule has 1 N–H and O–H groups in total. The molecule has 0 fully saturated rings. The van der Waals surface area contributed by atoms with Crippen LogP contribution in [-0.2, 0) is 13.1 Å². The molecule has 2 rings (SSSR count). The Morgan fingerprint density at radius 1 is 1.00 bits per heavy atom. The molecule has 0 aliphatic rings. The van der Waals surface area contributed by atoms with Gasteiger partial charge in [0.25, 0.3) is 0 Å². The Labute approximate surface area is 132 Å². The first-order valence-electron chi connectivity index (χ1n) is 6.49. The maximum atomic E-state index is 13.7. The molecule has 0 radical (unpaired) electrons. The lowest BCUT2D eigenvalue weighted by atomic mass is 10.2. The highest BCUT2D eigenvalue weighted by molar-refractivity contribution is 9.10. The first-order valence-corrected chi connectivity index (χ1v) is 7.29. The van der Waals surface area contributed by atoms with E-state index in [2.05, 4.69) is 21.2 Å². The van der Waals surface area contributed by atoms with Crippen molar-refractivity contribution >= 4 is 15.9 Å². The number of rotatable bonds is 6. The summed E-state index contributed by atoms with van der Waals surface area (Å²) in [5, 5.41) is 3.22. The van der Waals surface area contributed by atoms with Crippen LogP contribution < -0.4 is 14.8 Å². The highest BCUT2D eigenvalue weighted by Crippen LogP contribution is 2.27. The van der Waals surface area contributed by atoms with Crippen LogP contribution in [0.2, 0.25) is 0 Å². The number of hydrogen-bond donors (Lipinski definition) is 1. The largest absolute Gasteiger partial charge is 0.493 e. The van der Waals surface area contributed by atoms with Gasteiger partial charge >= 0.3 is 0 Å². The van der Waals surface area contributed by atoms with Gasteiger partial charge in [0, 0.05) is 23.1 Å². The highest BCUT2D eigenvalue weighted by Gasteiger charge is 2.05. The average Bonchev–Trinajstić information content (AvgIpc) is 2.49. The Hall–Kier alpha value is -1.59. The Balaban J connectivity index is 1.97.